The van der Waals surface area contributed by atoms with Crippen LogP contribution in [-0.4, -0.2) is 54.1 Å². The molecule has 1 aliphatic heterocycles. The number of nitro benzene ring substituents is 1. The van der Waals surface area contributed by atoms with Gasteiger partial charge in [-0.2, -0.15) is 0 Å². The lowest BCUT2D eigenvalue weighted by Crippen LogP contribution is -2.52. The molecule has 1 aliphatic rings. The monoisotopic (exact) mass is 494 g/mol. The predicted molar refractivity (Wildman–Crippen MR) is 137 cm³/mol. The number of methoxy groups -OCH3 is 1. The average molecular weight is 495 g/mol. The summed E-state index contributed by atoms with van der Waals surface area (Å²) >= 11 is 5.45. The van der Waals surface area contributed by atoms with E-state index in [-0.39, 0.29) is 11.4 Å². The number of benzene rings is 2. The van der Waals surface area contributed by atoms with Crippen LogP contribution >= 0.6 is 12.2 Å². The summed E-state index contributed by atoms with van der Waals surface area (Å²) in [7, 11) is 1.47. The largest absolute Gasteiger partial charge is 0.496 e. The van der Waals surface area contributed by atoms with Gasteiger partial charge in [-0.05, 0) is 67.5 Å². The van der Waals surface area contributed by atoms with E-state index in [1.807, 2.05) is 41.8 Å². The molecular formula is C25H26N4O5S. The van der Waals surface area contributed by atoms with E-state index in [9.17, 15) is 14.9 Å². The van der Waals surface area contributed by atoms with E-state index in [0.29, 0.717) is 48.5 Å². The van der Waals surface area contributed by atoms with Crippen LogP contribution < -0.4 is 15.0 Å². The van der Waals surface area contributed by atoms with Gasteiger partial charge in [0.05, 0.1) is 18.1 Å². The zero-order chi connectivity index (χ0) is 25.1. The summed E-state index contributed by atoms with van der Waals surface area (Å²) in [5.41, 5.74) is 3.75. The number of amides is 1. The van der Waals surface area contributed by atoms with E-state index in [1.54, 1.807) is 24.3 Å². The highest BCUT2D eigenvalue weighted by molar-refractivity contribution is 7.80. The quantitative estimate of drug-likeness (QED) is 0.318. The standard InChI is InChI=1S/C25H26N4O5S/c1-16-4-5-18(14-17(16)2)22-8-9-23(34-22)24(30)26-25(35)28-12-10-27(11-13-28)20-7-6-19(33-3)15-21(20)29(31)32/h4-9,14-15H,10-13H2,1-3H3,(H,26,30,35). The second-order valence-electron chi connectivity index (χ2n) is 8.31. The summed E-state index contributed by atoms with van der Waals surface area (Å²) in [5, 5.41) is 14.5. The van der Waals surface area contributed by atoms with Gasteiger partial charge < -0.3 is 19.0 Å². The van der Waals surface area contributed by atoms with Gasteiger partial charge in [-0.25, -0.2) is 0 Å². The maximum atomic E-state index is 12.7. The van der Waals surface area contributed by atoms with Crippen molar-refractivity contribution in [3.8, 4) is 17.1 Å². The fraction of sp³-hybridized carbons (Fsp3) is 0.280. The molecule has 10 heteroatoms. The van der Waals surface area contributed by atoms with Gasteiger partial charge in [0.1, 0.15) is 17.2 Å². The first kappa shape index (κ1) is 24.2. The smallest absolute Gasteiger partial charge is 0.296 e. The Labute approximate surface area is 208 Å². The highest BCUT2D eigenvalue weighted by Crippen LogP contribution is 2.32. The van der Waals surface area contributed by atoms with Gasteiger partial charge >= 0.3 is 0 Å². The van der Waals surface area contributed by atoms with E-state index in [0.717, 1.165) is 11.1 Å². The minimum atomic E-state index is -0.418. The van der Waals surface area contributed by atoms with Crippen molar-refractivity contribution in [1.82, 2.24) is 10.2 Å². The van der Waals surface area contributed by atoms with E-state index < -0.39 is 10.8 Å². The van der Waals surface area contributed by atoms with Crippen molar-refractivity contribution in [3.63, 3.8) is 0 Å². The molecule has 1 fully saturated rings. The lowest BCUT2D eigenvalue weighted by molar-refractivity contribution is -0.384. The van der Waals surface area contributed by atoms with Crippen LogP contribution in [-0.2, 0) is 0 Å². The number of carbonyl (C=O) groups is 1. The molecule has 0 aliphatic carbocycles. The fourth-order valence-electron chi connectivity index (χ4n) is 3.94. The Morgan fingerprint density at radius 3 is 2.46 bits per heavy atom. The SMILES string of the molecule is COc1ccc(N2CCN(C(=S)NC(=O)c3ccc(-c4ccc(C)c(C)c4)o3)CC2)c([N+](=O)[O-])c1. The summed E-state index contributed by atoms with van der Waals surface area (Å²) in [4.78, 5) is 27.6. The molecule has 1 N–H and O–H groups in total. The van der Waals surface area contributed by atoms with Gasteiger partial charge in [0.15, 0.2) is 10.9 Å². The van der Waals surface area contributed by atoms with E-state index in [2.05, 4.69) is 5.32 Å². The number of thiocarbonyl (C=S) groups is 1. The lowest BCUT2D eigenvalue weighted by atomic mass is 10.1. The van der Waals surface area contributed by atoms with Crippen molar-refractivity contribution in [3.05, 3.63) is 75.5 Å². The number of ether oxygens (including phenoxy) is 1. The molecule has 0 radical (unpaired) electrons. The molecule has 1 saturated heterocycles. The number of hydrogen-bond donors (Lipinski definition) is 1. The van der Waals surface area contributed by atoms with Crippen LogP contribution in [0.1, 0.15) is 21.7 Å². The minimum Gasteiger partial charge on any atom is -0.496 e. The Morgan fingerprint density at radius 2 is 1.80 bits per heavy atom. The normalized spacial score (nSPS) is 13.5. The second kappa shape index (κ2) is 10.1. The molecule has 9 nitrogen and oxygen atoms in total. The van der Waals surface area contributed by atoms with Crippen molar-refractivity contribution in [2.24, 2.45) is 0 Å². The van der Waals surface area contributed by atoms with Crippen LogP contribution in [0.25, 0.3) is 11.3 Å². The number of nitrogens with one attached hydrogen (secondary N) is 1. The number of furan rings is 1. The topological polar surface area (TPSA) is 101 Å². The van der Waals surface area contributed by atoms with Crippen LogP contribution in [0.3, 0.4) is 0 Å². The zero-order valence-electron chi connectivity index (χ0n) is 19.7. The van der Waals surface area contributed by atoms with Gasteiger partial charge in [-0.15, -0.1) is 0 Å². The minimum absolute atomic E-state index is 0.00827. The Balaban J connectivity index is 1.37. The van der Waals surface area contributed by atoms with Crippen LogP contribution in [0.4, 0.5) is 11.4 Å². The second-order valence-corrected chi connectivity index (χ2v) is 8.69. The first-order valence-electron chi connectivity index (χ1n) is 11.1. The summed E-state index contributed by atoms with van der Waals surface area (Å²) in [6.45, 7) is 6.12. The molecule has 2 aromatic carbocycles. The molecule has 0 bridgehead atoms. The van der Waals surface area contributed by atoms with Gasteiger partial charge in [-0.3, -0.25) is 20.2 Å². The zero-order valence-corrected chi connectivity index (χ0v) is 20.6. The molecule has 1 amide bonds. The molecule has 35 heavy (non-hydrogen) atoms. The number of nitro groups is 1. The highest BCUT2D eigenvalue weighted by Gasteiger charge is 2.26. The maximum Gasteiger partial charge on any atom is 0.296 e. The third-order valence-electron chi connectivity index (χ3n) is 6.13. The Bertz CT molecular complexity index is 1280. The van der Waals surface area contributed by atoms with Crippen LogP contribution in [0, 0.1) is 24.0 Å². The third-order valence-corrected chi connectivity index (χ3v) is 6.49. The molecular weight excluding hydrogens is 468 g/mol. The van der Waals surface area contributed by atoms with Crippen LogP contribution in [0.5, 0.6) is 5.75 Å². The van der Waals surface area contributed by atoms with Gasteiger partial charge in [0, 0.05) is 31.7 Å². The van der Waals surface area contributed by atoms with E-state index in [4.69, 9.17) is 21.4 Å². The van der Waals surface area contributed by atoms with Crippen molar-refractivity contribution in [2.45, 2.75) is 13.8 Å². The molecule has 0 atom stereocenters. The number of hydrogen-bond acceptors (Lipinski definition) is 7. The van der Waals surface area contributed by atoms with Crippen LogP contribution in [0.15, 0.2) is 52.9 Å². The fourth-order valence-corrected chi connectivity index (χ4v) is 4.22. The predicted octanol–water partition coefficient (Wildman–Crippen LogP) is 4.32. The van der Waals surface area contributed by atoms with Gasteiger partial charge in [-0.1, -0.05) is 12.1 Å². The molecule has 2 heterocycles. The van der Waals surface area contributed by atoms with Gasteiger partial charge in [0.25, 0.3) is 11.6 Å². The molecule has 3 aromatic rings. The Morgan fingerprint density at radius 1 is 1.06 bits per heavy atom. The van der Waals surface area contributed by atoms with E-state index >= 15 is 0 Å². The number of carbonyl (C=O) groups excluding carboxylic acids is 1. The molecule has 0 spiro atoms. The number of rotatable bonds is 5. The maximum absolute atomic E-state index is 12.7. The molecule has 4 rings (SSSR count). The summed E-state index contributed by atoms with van der Waals surface area (Å²) in [5.74, 6) is 0.798. The van der Waals surface area contributed by atoms with Crippen molar-refractivity contribution >= 4 is 34.6 Å². The first-order valence-corrected chi connectivity index (χ1v) is 11.5. The summed E-state index contributed by atoms with van der Waals surface area (Å²) in [6, 6.07) is 14.2. The molecule has 0 unspecified atom stereocenters. The molecule has 182 valence electrons. The first-order chi connectivity index (χ1) is 16.8. The highest BCUT2D eigenvalue weighted by atomic mass is 32.1. The number of piperazine rings is 1. The third kappa shape index (κ3) is 5.27. The summed E-state index contributed by atoms with van der Waals surface area (Å²) < 4.78 is 10.9. The van der Waals surface area contributed by atoms with E-state index in [1.165, 1.54) is 18.7 Å². The number of nitrogens with zero attached hydrogens (tertiary/aromatic N) is 3. The Kier molecular flexibility index (Phi) is 7.02. The van der Waals surface area contributed by atoms with Crippen molar-refractivity contribution in [2.75, 3.05) is 38.2 Å². The lowest BCUT2D eigenvalue weighted by Gasteiger charge is -2.36. The number of aryl methyl sites for hydroxylation is 2. The van der Waals surface area contributed by atoms with Crippen molar-refractivity contribution < 1.29 is 18.9 Å². The van der Waals surface area contributed by atoms with Crippen LogP contribution in [0.2, 0.25) is 0 Å². The number of anilines is 1. The van der Waals surface area contributed by atoms with Gasteiger partial charge in [0.2, 0.25) is 0 Å². The molecule has 0 saturated carbocycles. The summed E-state index contributed by atoms with van der Waals surface area (Å²) in [6.07, 6.45) is 0. The average Bonchev–Trinajstić information content (AvgIpc) is 3.36. The molecule has 1 aromatic heterocycles. The Hall–Kier alpha value is -3.92. The van der Waals surface area contributed by atoms with Crippen molar-refractivity contribution in [1.29, 1.82) is 0 Å².